The molecule has 0 saturated carbocycles. The monoisotopic (exact) mass is 506 g/mol. The van der Waals surface area contributed by atoms with Gasteiger partial charge in [0.25, 0.3) is 5.91 Å². The highest BCUT2D eigenvalue weighted by atomic mass is 127. The Kier molecular flexibility index (Phi) is 11.5. The topological polar surface area (TPSA) is 56.7 Å². The molecule has 2 aromatic heterocycles. The Labute approximate surface area is 180 Å². The highest BCUT2D eigenvalue weighted by Gasteiger charge is 2.07. The summed E-state index contributed by atoms with van der Waals surface area (Å²) in [5.74, 6) is 0.919. The van der Waals surface area contributed by atoms with Gasteiger partial charge in [-0.3, -0.25) is 9.79 Å². The average Bonchev–Trinajstić information content (AvgIpc) is 3.31. The molecule has 0 unspecified atom stereocenters. The molecule has 2 aromatic rings. The van der Waals surface area contributed by atoms with Crippen LogP contribution in [-0.2, 0) is 6.42 Å². The zero-order valence-electron chi connectivity index (χ0n) is 15.2. The van der Waals surface area contributed by atoms with E-state index in [0.29, 0.717) is 13.1 Å². The van der Waals surface area contributed by atoms with E-state index in [-0.39, 0.29) is 29.9 Å². The number of guanidine groups is 1. The van der Waals surface area contributed by atoms with Crippen LogP contribution in [0.3, 0.4) is 0 Å². The Balaban J connectivity index is 0.00000338. The van der Waals surface area contributed by atoms with Gasteiger partial charge in [-0.05, 0) is 42.7 Å². The van der Waals surface area contributed by atoms with Gasteiger partial charge >= 0.3 is 0 Å². The molecule has 0 bridgehead atoms. The summed E-state index contributed by atoms with van der Waals surface area (Å²) in [6.07, 6.45) is 1.85. The van der Waals surface area contributed by atoms with E-state index in [4.69, 9.17) is 0 Å². The van der Waals surface area contributed by atoms with Crippen molar-refractivity contribution in [2.24, 2.45) is 4.99 Å². The third-order valence-electron chi connectivity index (χ3n) is 3.60. The average molecular weight is 506 g/mol. The van der Waals surface area contributed by atoms with Crippen LogP contribution < -0.4 is 10.6 Å². The summed E-state index contributed by atoms with van der Waals surface area (Å²) in [5, 5.41) is 10.3. The number of nitrogens with zero attached hydrogens (tertiary/aromatic N) is 2. The maximum absolute atomic E-state index is 11.9. The summed E-state index contributed by atoms with van der Waals surface area (Å²) < 4.78 is 0. The zero-order valence-corrected chi connectivity index (χ0v) is 19.2. The minimum Gasteiger partial charge on any atom is -0.357 e. The quantitative estimate of drug-likeness (QED) is 0.236. The van der Waals surface area contributed by atoms with Crippen molar-refractivity contribution in [3.63, 3.8) is 0 Å². The lowest BCUT2D eigenvalue weighted by atomic mass is 10.3. The molecule has 2 N–H and O–H groups in total. The molecular weight excluding hydrogens is 479 g/mol. The van der Waals surface area contributed by atoms with Crippen molar-refractivity contribution in [2.45, 2.75) is 19.8 Å². The normalized spacial score (nSPS) is 10.9. The molecule has 8 heteroatoms. The number of likely N-dealkylation sites (N-methyl/N-ethyl adjacent to an activating group) is 1. The lowest BCUT2D eigenvalue weighted by Crippen LogP contribution is -2.40. The number of halogens is 1. The summed E-state index contributed by atoms with van der Waals surface area (Å²) >= 11 is 3.25. The van der Waals surface area contributed by atoms with E-state index < -0.39 is 0 Å². The number of carbonyl (C=O) groups is 1. The fourth-order valence-electron chi connectivity index (χ4n) is 2.27. The fourth-order valence-corrected chi connectivity index (χ4v) is 3.61. The maximum atomic E-state index is 11.9. The molecule has 0 aliphatic rings. The SMILES string of the molecule is CCNC(=NCCCNC(=O)c1cccs1)N(C)CCc1cccs1.I. The molecular formula is C18H27IN4OS2. The van der Waals surface area contributed by atoms with Crippen LogP contribution in [0.2, 0.25) is 0 Å². The summed E-state index contributed by atoms with van der Waals surface area (Å²) in [4.78, 5) is 20.8. The minimum absolute atomic E-state index is 0. The number of hydrogen-bond acceptors (Lipinski definition) is 4. The van der Waals surface area contributed by atoms with Gasteiger partial charge in [0.2, 0.25) is 0 Å². The standard InChI is InChI=1S/C18H26N4OS2.HI/c1-3-19-18(22(2)12-9-15-7-4-13-24-15)21-11-6-10-20-17(23)16-8-5-14-25-16;/h4-5,7-8,13-14H,3,6,9-12H2,1-2H3,(H,19,21)(H,20,23);1H. The Morgan fingerprint density at radius 3 is 2.62 bits per heavy atom. The maximum Gasteiger partial charge on any atom is 0.261 e. The van der Waals surface area contributed by atoms with Crippen LogP contribution in [-0.4, -0.2) is 50.0 Å². The first kappa shape index (κ1) is 22.9. The number of carbonyl (C=O) groups excluding carboxylic acids is 1. The Morgan fingerprint density at radius 1 is 1.19 bits per heavy atom. The molecule has 0 saturated heterocycles. The van der Waals surface area contributed by atoms with Gasteiger partial charge in [0, 0.05) is 38.1 Å². The lowest BCUT2D eigenvalue weighted by Gasteiger charge is -2.21. The van der Waals surface area contributed by atoms with Gasteiger partial charge in [0.05, 0.1) is 4.88 Å². The first-order valence-corrected chi connectivity index (χ1v) is 10.3. The van der Waals surface area contributed by atoms with E-state index in [9.17, 15) is 4.79 Å². The summed E-state index contributed by atoms with van der Waals surface area (Å²) in [6.45, 7) is 5.18. The van der Waals surface area contributed by atoms with Crippen LogP contribution in [0.15, 0.2) is 40.0 Å². The molecule has 0 spiro atoms. The molecule has 0 aliphatic carbocycles. The molecule has 2 rings (SSSR count). The van der Waals surface area contributed by atoms with Gasteiger partial charge in [-0.15, -0.1) is 46.7 Å². The van der Waals surface area contributed by atoms with E-state index in [1.165, 1.54) is 16.2 Å². The lowest BCUT2D eigenvalue weighted by molar-refractivity contribution is 0.0957. The smallest absolute Gasteiger partial charge is 0.261 e. The summed E-state index contributed by atoms with van der Waals surface area (Å²) in [7, 11) is 2.06. The highest BCUT2D eigenvalue weighted by molar-refractivity contribution is 14.0. The molecule has 0 aromatic carbocycles. The first-order valence-electron chi connectivity index (χ1n) is 8.54. The second-order valence-electron chi connectivity index (χ2n) is 5.57. The van der Waals surface area contributed by atoms with Gasteiger partial charge in [-0.25, -0.2) is 0 Å². The van der Waals surface area contributed by atoms with Gasteiger partial charge < -0.3 is 15.5 Å². The van der Waals surface area contributed by atoms with Crippen LogP contribution in [0, 0.1) is 0 Å². The van der Waals surface area contributed by atoms with Crippen LogP contribution >= 0.6 is 46.7 Å². The third-order valence-corrected chi connectivity index (χ3v) is 5.40. The van der Waals surface area contributed by atoms with E-state index in [1.54, 1.807) is 11.3 Å². The number of thiophene rings is 2. The van der Waals surface area contributed by atoms with Crippen molar-refractivity contribution in [1.29, 1.82) is 0 Å². The molecule has 0 fully saturated rings. The molecule has 1 amide bonds. The number of nitrogens with one attached hydrogen (secondary N) is 2. The molecule has 0 atom stereocenters. The van der Waals surface area contributed by atoms with Crippen LogP contribution in [0.1, 0.15) is 27.9 Å². The zero-order chi connectivity index (χ0) is 17.9. The van der Waals surface area contributed by atoms with Crippen LogP contribution in [0.4, 0.5) is 0 Å². The highest BCUT2D eigenvalue weighted by Crippen LogP contribution is 2.09. The van der Waals surface area contributed by atoms with Crippen molar-refractivity contribution in [3.05, 3.63) is 44.8 Å². The Bertz CT molecular complexity index is 644. The van der Waals surface area contributed by atoms with E-state index in [2.05, 4.69) is 52.0 Å². The molecule has 0 radical (unpaired) electrons. The largest absolute Gasteiger partial charge is 0.357 e. The second-order valence-corrected chi connectivity index (χ2v) is 7.55. The van der Waals surface area contributed by atoms with E-state index in [0.717, 1.165) is 36.8 Å². The summed E-state index contributed by atoms with van der Waals surface area (Å²) in [5.41, 5.74) is 0. The third kappa shape index (κ3) is 8.05. The number of rotatable bonds is 9. The number of aliphatic imine (C=N–C) groups is 1. The van der Waals surface area contributed by atoms with Crippen LogP contribution in [0.5, 0.6) is 0 Å². The molecule has 0 aliphatic heterocycles. The minimum atomic E-state index is -0.000970. The molecule has 26 heavy (non-hydrogen) atoms. The van der Waals surface area contributed by atoms with Crippen molar-refractivity contribution >= 4 is 58.5 Å². The number of amides is 1. The summed E-state index contributed by atoms with van der Waals surface area (Å²) in [6, 6.07) is 7.98. The number of hydrogen-bond donors (Lipinski definition) is 2. The van der Waals surface area contributed by atoms with E-state index >= 15 is 0 Å². The first-order chi connectivity index (χ1) is 12.2. The van der Waals surface area contributed by atoms with Gasteiger partial charge in [-0.1, -0.05) is 12.1 Å². The Hall–Kier alpha value is -1.13. The Morgan fingerprint density at radius 2 is 1.96 bits per heavy atom. The fraction of sp³-hybridized carbons (Fsp3) is 0.444. The second kappa shape index (κ2) is 13.1. The van der Waals surface area contributed by atoms with Crippen molar-refractivity contribution in [2.75, 3.05) is 33.2 Å². The van der Waals surface area contributed by atoms with Crippen molar-refractivity contribution < 1.29 is 4.79 Å². The van der Waals surface area contributed by atoms with E-state index in [1.807, 2.05) is 17.5 Å². The van der Waals surface area contributed by atoms with Crippen LogP contribution in [0.25, 0.3) is 0 Å². The predicted molar refractivity (Wildman–Crippen MR) is 123 cm³/mol. The molecule has 144 valence electrons. The molecule has 5 nitrogen and oxygen atoms in total. The van der Waals surface area contributed by atoms with Gasteiger partial charge in [0.15, 0.2) is 5.96 Å². The van der Waals surface area contributed by atoms with Gasteiger partial charge in [0.1, 0.15) is 0 Å². The van der Waals surface area contributed by atoms with Gasteiger partial charge in [-0.2, -0.15) is 0 Å². The van der Waals surface area contributed by atoms with Crippen molar-refractivity contribution in [1.82, 2.24) is 15.5 Å². The predicted octanol–water partition coefficient (Wildman–Crippen LogP) is 3.69. The molecule has 2 heterocycles. The van der Waals surface area contributed by atoms with Crippen molar-refractivity contribution in [3.8, 4) is 0 Å².